The number of carbonyl (C=O) groups is 4. The van der Waals surface area contributed by atoms with Crippen molar-refractivity contribution in [2.24, 2.45) is 0 Å². The molecule has 2 N–H and O–H groups in total. The summed E-state index contributed by atoms with van der Waals surface area (Å²) in [6, 6.07) is 11.7. The second kappa shape index (κ2) is 22.5. The summed E-state index contributed by atoms with van der Waals surface area (Å²) in [5.74, 6) is 0.00935. The Bertz CT molecular complexity index is 1570. The highest BCUT2D eigenvalue weighted by Crippen LogP contribution is 2.34. The zero-order valence-corrected chi connectivity index (χ0v) is 31.0. The number of rotatable bonds is 22. The van der Waals surface area contributed by atoms with E-state index in [4.69, 9.17) is 35.5 Å². The Labute approximate surface area is 305 Å². The molecule has 0 fully saturated rings. The predicted octanol–water partition coefficient (Wildman–Crippen LogP) is 6.79. The van der Waals surface area contributed by atoms with E-state index in [1.807, 2.05) is 36.4 Å². The number of fused-ring (bicyclic) bond motifs is 2. The summed E-state index contributed by atoms with van der Waals surface area (Å²) < 4.78 is 20.4. The molecule has 0 aliphatic carbocycles. The van der Waals surface area contributed by atoms with Crippen molar-refractivity contribution in [3.63, 3.8) is 0 Å². The number of nitrogens with zero attached hydrogens (tertiary/aromatic N) is 3. The van der Waals surface area contributed by atoms with Crippen molar-refractivity contribution in [1.29, 1.82) is 0 Å². The van der Waals surface area contributed by atoms with Crippen LogP contribution in [0.3, 0.4) is 0 Å². The van der Waals surface area contributed by atoms with E-state index in [0.717, 1.165) is 89.6 Å². The van der Waals surface area contributed by atoms with Crippen LogP contribution < -0.4 is 15.4 Å². The van der Waals surface area contributed by atoms with Crippen molar-refractivity contribution in [2.75, 3.05) is 71.5 Å². The molecule has 51 heavy (non-hydrogen) atoms. The van der Waals surface area contributed by atoms with Crippen LogP contribution in [0.5, 0.6) is 5.75 Å². The topological polar surface area (TPSA) is 149 Å². The lowest BCUT2D eigenvalue weighted by Crippen LogP contribution is -2.46. The van der Waals surface area contributed by atoms with Crippen LogP contribution in [0.2, 0.25) is 5.02 Å². The van der Waals surface area contributed by atoms with Gasteiger partial charge in [0.25, 0.3) is 0 Å². The molecule has 0 aliphatic heterocycles. The van der Waals surface area contributed by atoms with E-state index in [1.165, 1.54) is 4.90 Å². The maximum atomic E-state index is 12.7. The largest absolute Gasteiger partial charge is 0.497 e. The lowest BCUT2D eigenvalue weighted by molar-refractivity contribution is -0.144. The number of nitrogens with one attached hydrogen (secondary N) is 2. The van der Waals surface area contributed by atoms with E-state index in [0.29, 0.717) is 11.6 Å². The van der Waals surface area contributed by atoms with Gasteiger partial charge in [0.05, 0.1) is 56.7 Å². The van der Waals surface area contributed by atoms with E-state index in [-0.39, 0.29) is 51.9 Å². The number of pyridine rings is 1. The Morgan fingerprint density at radius 1 is 0.725 bits per heavy atom. The molecule has 0 spiro atoms. The van der Waals surface area contributed by atoms with Gasteiger partial charge in [-0.05, 0) is 70.0 Å². The lowest BCUT2D eigenvalue weighted by Gasteiger charge is -2.25. The number of halogens is 1. The summed E-state index contributed by atoms with van der Waals surface area (Å²) in [5.41, 5.74) is 2.76. The standard InChI is InChI=1S/C37H52ClN5O8/c1-5-49-34(45)26-42(21-22-43(36(46)50-6-2)37(47)51-7-3)25-33(44)39-19-13-11-9-8-10-12-14-20-40-35-29-17-15-27(38)23-32(29)41-31-18-16-28(48-4)24-30(31)35/h15-18,23-24H,5-14,19-22,25-26H2,1-4H3,(H,39,44)(H,40,41). The molecule has 0 saturated heterocycles. The number of ether oxygens (including phenoxy) is 4. The molecule has 14 heteroatoms. The summed E-state index contributed by atoms with van der Waals surface area (Å²) in [7, 11) is 1.66. The number of amides is 3. The summed E-state index contributed by atoms with van der Waals surface area (Å²) in [4.78, 5) is 56.6. The molecule has 0 aliphatic rings. The molecule has 3 rings (SSSR count). The van der Waals surface area contributed by atoms with Gasteiger partial charge in [-0.1, -0.05) is 43.7 Å². The highest BCUT2D eigenvalue weighted by molar-refractivity contribution is 6.31. The van der Waals surface area contributed by atoms with Gasteiger partial charge in [-0.2, -0.15) is 0 Å². The van der Waals surface area contributed by atoms with Crippen molar-refractivity contribution < 1.29 is 38.1 Å². The number of aromatic nitrogens is 1. The molecule has 13 nitrogen and oxygen atoms in total. The molecule has 3 aromatic rings. The zero-order valence-electron chi connectivity index (χ0n) is 30.3. The minimum absolute atomic E-state index is 0.0543. The second-order valence-corrected chi connectivity index (χ2v) is 12.3. The summed E-state index contributed by atoms with van der Waals surface area (Å²) in [6.07, 6.45) is 5.52. The lowest BCUT2D eigenvalue weighted by atomic mass is 10.1. The van der Waals surface area contributed by atoms with Crippen molar-refractivity contribution in [2.45, 2.75) is 65.7 Å². The Kier molecular flexibility index (Phi) is 18.1. The van der Waals surface area contributed by atoms with E-state index in [2.05, 4.69) is 10.6 Å². The minimum atomic E-state index is -0.854. The van der Waals surface area contributed by atoms with Gasteiger partial charge in [0.2, 0.25) is 5.91 Å². The van der Waals surface area contributed by atoms with Gasteiger partial charge in [-0.25, -0.2) is 19.5 Å². The molecule has 0 radical (unpaired) electrons. The summed E-state index contributed by atoms with van der Waals surface area (Å²) >= 11 is 6.25. The third-order valence-corrected chi connectivity index (χ3v) is 8.30. The number of carbonyl (C=O) groups excluding carboxylic acids is 4. The fourth-order valence-electron chi connectivity index (χ4n) is 5.55. The molecule has 2 aromatic carbocycles. The Hall–Kier alpha value is -4.36. The van der Waals surface area contributed by atoms with Crippen LogP contribution >= 0.6 is 11.6 Å². The number of hydrogen-bond acceptors (Lipinski definition) is 11. The second-order valence-electron chi connectivity index (χ2n) is 11.8. The van der Waals surface area contributed by atoms with Gasteiger partial charge in [0.15, 0.2) is 0 Å². The van der Waals surface area contributed by atoms with E-state index >= 15 is 0 Å². The normalized spacial score (nSPS) is 11.0. The Balaban J connectivity index is 1.37. The summed E-state index contributed by atoms with van der Waals surface area (Å²) in [6.45, 7) is 6.30. The average molecular weight is 730 g/mol. The van der Waals surface area contributed by atoms with Crippen LogP contribution in [0, 0.1) is 0 Å². The third-order valence-electron chi connectivity index (χ3n) is 8.06. The first kappa shape index (κ1) is 41.1. The highest BCUT2D eigenvalue weighted by atomic mass is 35.5. The van der Waals surface area contributed by atoms with Gasteiger partial charge < -0.3 is 29.6 Å². The third kappa shape index (κ3) is 13.7. The fourth-order valence-corrected chi connectivity index (χ4v) is 5.72. The number of esters is 1. The van der Waals surface area contributed by atoms with E-state index in [1.54, 1.807) is 27.9 Å². The van der Waals surface area contributed by atoms with Crippen LogP contribution in [-0.2, 0) is 23.8 Å². The quantitative estimate of drug-likeness (QED) is 0.0487. The number of imide groups is 1. The van der Waals surface area contributed by atoms with Crippen LogP contribution in [0.25, 0.3) is 21.8 Å². The molecular weight excluding hydrogens is 678 g/mol. The van der Waals surface area contributed by atoms with Crippen LogP contribution in [0.4, 0.5) is 15.3 Å². The molecule has 3 amide bonds. The maximum Gasteiger partial charge on any atom is 0.419 e. The number of methoxy groups -OCH3 is 1. The first-order valence-electron chi connectivity index (χ1n) is 17.8. The van der Waals surface area contributed by atoms with Crippen LogP contribution in [-0.4, -0.2) is 105 Å². The number of hydrogen-bond donors (Lipinski definition) is 2. The maximum absolute atomic E-state index is 12.7. The number of anilines is 1. The summed E-state index contributed by atoms with van der Waals surface area (Å²) in [5, 5.41) is 9.23. The molecule has 0 saturated carbocycles. The van der Waals surface area contributed by atoms with Crippen molar-refractivity contribution >= 4 is 63.2 Å². The molecule has 0 unspecified atom stereocenters. The number of benzene rings is 2. The van der Waals surface area contributed by atoms with Crippen LogP contribution in [0.15, 0.2) is 36.4 Å². The fraction of sp³-hybridized carbons (Fsp3) is 0.541. The van der Waals surface area contributed by atoms with Crippen molar-refractivity contribution in [1.82, 2.24) is 20.1 Å². The first-order chi connectivity index (χ1) is 24.7. The van der Waals surface area contributed by atoms with Gasteiger partial charge in [0.1, 0.15) is 5.75 Å². The monoisotopic (exact) mass is 729 g/mol. The smallest absolute Gasteiger partial charge is 0.419 e. The predicted molar refractivity (Wildman–Crippen MR) is 198 cm³/mol. The first-order valence-corrected chi connectivity index (χ1v) is 18.1. The zero-order chi connectivity index (χ0) is 37.0. The number of unbranched alkanes of at least 4 members (excludes halogenated alkanes) is 6. The average Bonchev–Trinajstić information content (AvgIpc) is 3.10. The van der Waals surface area contributed by atoms with Gasteiger partial charge in [-0.15, -0.1) is 0 Å². The SMILES string of the molecule is CCOC(=O)CN(CCN(C(=O)OCC)C(=O)OCC)CC(=O)NCCCCCCCCCNc1c2ccc(Cl)cc2nc2ccc(OC)cc12. The van der Waals surface area contributed by atoms with Gasteiger partial charge >= 0.3 is 18.2 Å². The molecule has 1 heterocycles. The Morgan fingerprint density at radius 3 is 2.02 bits per heavy atom. The molecular formula is C37H52ClN5O8. The van der Waals surface area contributed by atoms with E-state index < -0.39 is 18.2 Å². The highest BCUT2D eigenvalue weighted by Gasteiger charge is 2.26. The minimum Gasteiger partial charge on any atom is -0.497 e. The van der Waals surface area contributed by atoms with Gasteiger partial charge in [-0.3, -0.25) is 14.5 Å². The van der Waals surface area contributed by atoms with E-state index in [9.17, 15) is 19.2 Å². The van der Waals surface area contributed by atoms with Crippen molar-refractivity contribution in [3.05, 3.63) is 41.4 Å². The van der Waals surface area contributed by atoms with Crippen molar-refractivity contribution in [3.8, 4) is 5.75 Å². The Morgan fingerprint density at radius 2 is 1.37 bits per heavy atom. The molecule has 0 atom stereocenters. The van der Waals surface area contributed by atoms with Crippen LogP contribution in [0.1, 0.15) is 65.7 Å². The van der Waals surface area contributed by atoms with Gasteiger partial charge in [0, 0.05) is 42.0 Å². The molecule has 1 aromatic heterocycles. The molecule has 0 bridgehead atoms. The molecule has 280 valence electrons.